The molecular weight excluding hydrogens is 446 g/mol. The van der Waals surface area contributed by atoms with E-state index in [-0.39, 0.29) is 11.6 Å². The minimum Gasteiger partial charge on any atom is -0.364 e. The Labute approximate surface area is 193 Å². The van der Waals surface area contributed by atoms with Crippen LogP contribution in [0.2, 0.25) is 0 Å². The first-order valence-electron chi connectivity index (χ1n) is 10.4. The lowest BCUT2D eigenvalue weighted by Crippen LogP contribution is -2.22. The van der Waals surface area contributed by atoms with Crippen LogP contribution in [0.4, 0.5) is 0 Å². The Morgan fingerprint density at radius 2 is 2.00 bits per heavy atom. The number of aromatic nitrogens is 3. The molecule has 4 aromatic rings. The van der Waals surface area contributed by atoms with Crippen LogP contribution in [0.15, 0.2) is 46.7 Å². The number of thiazole rings is 2. The number of pyridine rings is 1. The van der Waals surface area contributed by atoms with E-state index in [1.165, 1.54) is 16.9 Å². The van der Waals surface area contributed by atoms with Gasteiger partial charge in [-0.3, -0.25) is 14.3 Å². The van der Waals surface area contributed by atoms with Crippen molar-refractivity contribution in [2.45, 2.75) is 32.3 Å². The summed E-state index contributed by atoms with van der Waals surface area (Å²) in [5, 5.41) is 3.10. The lowest BCUT2D eigenvalue weighted by Gasteiger charge is -2.22. The summed E-state index contributed by atoms with van der Waals surface area (Å²) < 4.78 is 19.2. The first-order chi connectivity index (χ1) is 15.6. The van der Waals surface area contributed by atoms with Crippen LogP contribution in [-0.2, 0) is 39.6 Å². The van der Waals surface area contributed by atoms with Gasteiger partial charge in [-0.05, 0) is 43.2 Å². The molecule has 5 rings (SSSR count). The molecule has 0 N–H and O–H groups in total. The van der Waals surface area contributed by atoms with Crippen LogP contribution in [0.1, 0.15) is 23.1 Å². The maximum absolute atomic E-state index is 12.1. The second-order valence-corrected chi connectivity index (χ2v) is 9.65. The minimum absolute atomic E-state index is 0.00198. The molecule has 1 aromatic carbocycles. The van der Waals surface area contributed by atoms with Gasteiger partial charge in [-0.1, -0.05) is 17.4 Å². The Balaban J connectivity index is 1.27. The normalized spacial score (nSPS) is 15.6. The van der Waals surface area contributed by atoms with Crippen LogP contribution in [0, 0.1) is 0 Å². The molecule has 0 saturated carbocycles. The summed E-state index contributed by atoms with van der Waals surface area (Å²) in [6, 6.07) is 10.1. The highest BCUT2D eigenvalue weighted by atomic mass is 32.1. The number of ether oxygens (including phenoxy) is 3. The van der Waals surface area contributed by atoms with E-state index in [9.17, 15) is 4.79 Å². The fourth-order valence-corrected chi connectivity index (χ4v) is 5.54. The smallest absolute Gasteiger partial charge is 0.310 e. The van der Waals surface area contributed by atoms with E-state index in [0.29, 0.717) is 13.2 Å². The van der Waals surface area contributed by atoms with Gasteiger partial charge in [-0.2, -0.15) is 0 Å². The average Bonchev–Trinajstić information content (AvgIpc) is 3.53. The Morgan fingerprint density at radius 3 is 2.75 bits per heavy atom. The number of fused-ring (bicyclic) bond motifs is 1. The van der Waals surface area contributed by atoms with Crippen LogP contribution in [0.3, 0.4) is 0 Å². The van der Waals surface area contributed by atoms with Crippen molar-refractivity contribution in [1.82, 2.24) is 14.5 Å². The first kappa shape index (κ1) is 21.4. The number of methoxy groups -OCH3 is 1. The molecule has 0 amide bonds. The summed E-state index contributed by atoms with van der Waals surface area (Å²) in [7, 11) is 1.59. The predicted molar refractivity (Wildman–Crippen MR) is 125 cm³/mol. The zero-order valence-electron chi connectivity index (χ0n) is 17.9. The molecule has 0 aliphatic carbocycles. The van der Waals surface area contributed by atoms with E-state index < -0.39 is 5.79 Å². The van der Waals surface area contributed by atoms with E-state index in [1.807, 2.05) is 30.5 Å². The van der Waals surface area contributed by atoms with Crippen LogP contribution in [-0.4, -0.2) is 34.9 Å². The van der Waals surface area contributed by atoms with Crippen LogP contribution >= 0.6 is 22.7 Å². The van der Waals surface area contributed by atoms with Gasteiger partial charge in [-0.15, -0.1) is 11.3 Å². The van der Waals surface area contributed by atoms with Gasteiger partial charge in [0.1, 0.15) is 6.73 Å². The number of hydrogen-bond donors (Lipinski definition) is 0. The van der Waals surface area contributed by atoms with Crippen LogP contribution < -0.4 is 4.87 Å². The lowest BCUT2D eigenvalue weighted by atomic mass is 10.1. The van der Waals surface area contributed by atoms with Crippen LogP contribution in [0.5, 0.6) is 0 Å². The van der Waals surface area contributed by atoms with Gasteiger partial charge in [-0.25, -0.2) is 4.98 Å². The summed E-state index contributed by atoms with van der Waals surface area (Å²) in [6.07, 6.45) is 3.50. The van der Waals surface area contributed by atoms with Crippen LogP contribution in [0.25, 0.3) is 21.6 Å². The molecule has 1 aliphatic rings. The highest BCUT2D eigenvalue weighted by molar-refractivity contribution is 7.16. The van der Waals surface area contributed by atoms with Crippen molar-refractivity contribution < 1.29 is 14.2 Å². The molecule has 0 bridgehead atoms. The minimum atomic E-state index is -0.710. The third kappa shape index (κ3) is 4.14. The van der Waals surface area contributed by atoms with Crippen molar-refractivity contribution in [2.75, 3.05) is 20.3 Å². The molecule has 7 nitrogen and oxygen atoms in total. The standard InChI is InChI=1S/C23H23N3O4S2/c1-23(29-9-10-30-23)16-5-6-17(24-12-16)18-13-31-21(25-18)8-4-15-3-7-19-20(11-15)32-22(27)26(19)14-28-2/h3,5-7,11-13H,4,8-10,14H2,1-2H3. The fraction of sp³-hybridized carbons (Fsp3) is 0.348. The molecule has 1 aliphatic heterocycles. The van der Waals surface area contributed by atoms with E-state index in [4.69, 9.17) is 19.2 Å². The summed E-state index contributed by atoms with van der Waals surface area (Å²) in [6.45, 7) is 3.38. The third-order valence-corrected chi connectivity index (χ3v) is 7.41. The average molecular weight is 470 g/mol. The molecule has 0 atom stereocenters. The summed E-state index contributed by atoms with van der Waals surface area (Å²) in [5.74, 6) is -0.710. The fourth-order valence-electron chi connectivity index (χ4n) is 3.81. The lowest BCUT2D eigenvalue weighted by molar-refractivity contribution is -0.149. The van der Waals surface area contributed by atoms with Gasteiger partial charge in [0.05, 0.1) is 39.8 Å². The van der Waals surface area contributed by atoms with E-state index >= 15 is 0 Å². The quantitative estimate of drug-likeness (QED) is 0.404. The number of hydrogen-bond acceptors (Lipinski definition) is 8. The summed E-state index contributed by atoms with van der Waals surface area (Å²) in [5.41, 5.74) is 4.72. The second-order valence-electron chi connectivity index (χ2n) is 7.72. The molecular formula is C23H23N3O4S2. The van der Waals surface area contributed by atoms with Crippen molar-refractivity contribution in [3.05, 3.63) is 67.7 Å². The van der Waals surface area contributed by atoms with Crippen molar-refractivity contribution in [2.24, 2.45) is 0 Å². The summed E-state index contributed by atoms with van der Waals surface area (Å²) >= 11 is 2.89. The van der Waals surface area contributed by atoms with Crippen molar-refractivity contribution in [3.63, 3.8) is 0 Å². The van der Waals surface area contributed by atoms with Gasteiger partial charge < -0.3 is 14.2 Å². The van der Waals surface area contributed by atoms with Gasteiger partial charge in [0, 0.05) is 30.7 Å². The van der Waals surface area contributed by atoms with Crippen molar-refractivity contribution in [1.29, 1.82) is 0 Å². The molecule has 0 unspecified atom stereocenters. The molecule has 166 valence electrons. The van der Waals surface area contributed by atoms with Gasteiger partial charge in [0.25, 0.3) is 0 Å². The highest BCUT2D eigenvalue weighted by Crippen LogP contribution is 2.31. The molecule has 9 heteroatoms. The van der Waals surface area contributed by atoms with E-state index in [2.05, 4.69) is 17.1 Å². The third-order valence-electron chi connectivity index (χ3n) is 5.56. The molecule has 0 spiro atoms. The molecule has 32 heavy (non-hydrogen) atoms. The maximum atomic E-state index is 12.1. The van der Waals surface area contributed by atoms with Gasteiger partial charge >= 0.3 is 4.87 Å². The highest BCUT2D eigenvalue weighted by Gasteiger charge is 2.33. The molecule has 3 aromatic heterocycles. The molecule has 1 saturated heterocycles. The first-order valence-corrected chi connectivity index (χ1v) is 12.1. The predicted octanol–water partition coefficient (Wildman–Crippen LogP) is 4.19. The SMILES string of the molecule is COCn1c(=O)sc2cc(CCc3nc(-c4ccc(C5(C)OCCO5)cn4)cs3)ccc21. The second kappa shape index (κ2) is 8.84. The van der Waals surface area contributed by atoms with Gasteiger partial charge in [0.2, 0.25) is 0 Å². The monoisotopic (exact) mass is 469 g/mol. The number of aryl methyl sites for hydroxylation is 2. The zero-order chi connectivity index (χ0) is 22.1. The number of rotatable bonds is 7. The maximum Gasteiger partial charge on any atom is 0.310 e. The molecule has 0 radical (unpaired) electrons. The molecule has 1 fully saturated rings. The Kier molecular flexibility index (Phi) is 5.92. The van der Waals surface area contributed by atoms with Crippen molar-refractivity contribution in [3.8, 4) is 11.4 Å². The largest absolute Gasteiger partial charge is 0.364 e. The topological polar surface area (TPSA) is 75.5 Å². The van der Waals surface area contributed by atoms with Crippen molar-refractivity contribution >= 4 is 32.9 Å². The Morgan fingerprint density at radius 1 is 1.16 bits per heavy atom. The Bertz CT molecular complexity index is 1290. The number of nitrogens with zero attached hydrogens (tertiary/aromatic N) is 3. The zero-order valence-corrected chi connectivity index (χ0v) is 19.5. The Hall–Kier alpha value is -2.43. The van der Waals surface area contributed by atoms with Gasteiger partial charge in [0.15, 0.2) is 5.79 Å². The summed E-state index contributed by atoms with van der Waals surface area (Å²) in [4.78, 5) is 21.5. The van der Waals surface area contributed by atoms with E-state index in [1.54, 1.807) is 29.2 Å². The van der Waals surface area contributed by atoms with E-state index in [0.717, 1.165) is 45.0 Å². The molecule has 4 heterocycles. The number of benzene rings is 1.